The highest BCUT2D eigenvalue weighted by Gasteiger charge is 2.38. The fourth-order valence-corrected chi connectivity index (χ4v) is 4.08. The fourth-order valence-electron chi connectivity index (χ4n) is 2.06. The number of benzene rings is 1. The molecule has 0 fully saturated rings. The van der Waals surface area contributed by atoms with Crippen molar-refractivity contribution in [3.05, 3.63) is 46.7 Å². The molecule has 1 amide bonds. The second-order valence-electron chi connectivity index (χ2n) is 4.37. The molecule has 20 heavy (non-hydrogen) atoms. The van der Waals surface area contributed by atoms with E-state index < -0.39 is 6.04 Å². The smallest absolute Gasteiger partial charge is 0.250 e. The molecule has 2 heterocycles. The third-order valence-corrected chi connectivity index (χ3v) is 5.09. The van der Waals surface area contributed by atoms with E-state index in [9.17, 15) is 9.59 Å². The first kappa shape index (κ1) is 13.4. The van der Waals surface area contributed by atoms with E-state index in [1.165, 1.54) is 23.3 Å². The highest BCUT2D eigenvalue weighted by molar-refractivity contribution is 7.97. The lowest BCUT2D eigenvalue weighted by molar-refractivity contribution is -0.118. The highest BCUT2D eigenvalue weighted by Crippen LogP contribution is 2.37. The van der Waals surface area contributed by atoms with Gasteiger partial charge in [-0.1, -0.05) is 18.2 Å². The number of fused-ring (bicyclic) bond motifs is 1. The molecule has 1 unspecified atom stereocenters. The Labute approximate surface area is 124 Å². The molecule has 1 N–H and O–H groups in total. The van der Waals surface area contributed by atoms with Crippen molar-refractivity contribution in [1.29, 1.82) is 0 Å². The standard InChI is InChI=1S/C14H12N2O2S2/c1-16-11(12(17)13-10(20-16)7-8-19-13)14(18)15-9-5-3-2-4-6-9/h2-8,11H,1H3,(H,15,18). The summed E-state index contributed by atoms with van der Waals surface area (Å²) in [6, 6.07) is 10.3. The van der Waals surface area contributed by atoms with Crippen molar-refractivity contribution in [2.45, 2.75) is 10.9 Å². The van der Waals surface area contributed by atoms with E-state index in [0.29, 0.717) is 10.6 Å². The Morgan fingerprint density at radius 1 is 1.25 bits per heavy atom. The summed E-state index contributed by atoms with van der Waals surface area (Å²) in [5.74, 6) is -0.431. The summed E-state index contributed by atoms with van der Waals surface area (Å²) in [4.78, 5) is 26.3. The van der Waals surface area contributed by atoms with Crippen LogP contribution < -0.4 is 5.32 Å². The van der Waals surface area contributed by atoms with Crippen LogP contribution in [0.1, 0.15) is 9.67 Å². The number of para-hydroxylation sites is 1. The number of carbonyl (C=O) groups excluding carboxylic acids is 2. The lowest BCUT2D eigenvalue weighted by Gasteiger charge is -2.28. The van der Waals surface area contributed by atoms with E-state index in [0.717, 1.165) is 4.90 Å². The maximum Gasteiger partial charge on any atom is 0.250 e. The van der Waals surface area contributed by atoms with Crippen molar-refractivity contribution < 1.29 is 9.59 Å². The van der Waals surface area contributed by atoms with Gasteiger partial charge in [-0.05, 0) is 42.6 Å². The summed E-state index contributed by atoms with van der Waals surface area (Å²) >= 11 is 2.82. The van der Waals surface area contributed by atoms with Gasteiger partial charge in [0.15, 0.2) is 6.04 Å². The molecule has 0 saturated heterocycles. The van der Waals surface area contributed by atoms with Gasteiger partial charge in [-0.15, -0.1) is 11.3 Å². The van der Waals surface area contributed by atoms with Crippen molar-refractivity contribution in [1.82, 2.24) is 4.31 Å². The molecule has 102 valence electrons. The minimum absolute atomic E-state index is 0.135. The highest BCUT2D eigenvalue weighted by atomic mass is 32.2. The van der Waals surface area contributed by atoms with Crippen molar-refractivity contribution in [2.75, 3.05) is 12.4 Å². The van der Waals surface area contributed by atoms with Gasteiger partial charge in [-0.25, -0.2) is 4.31 Å². The Hall–Kier alpha value is -1.63. The van der Waals surface area contributed by atoms with Crippen LogP contribution in [-0.4, -0.2) is 29.1 Å². The number of Topliss-reactive ketones (excluding diaryl/α,β-unsaturated/α-hetero) is 1. The summed E-state index contributed by atoms with van der Waals surface area (Å²) in [6.45, 7) is 0. The Morgan fingerprint density at radius 3 is 2.75 bits per heavy atom. The van der Waals surface area contributed by atoms with Gasteiger partial charge in [0.1, 0.15) is 0 Å². The molecule has 0 aliphatic carbocycles. The molecule has 1 aliphatic rings. The number of rotatable bonds is 2. The van der Waals surface area contributed by atoms with E-state index in [2.05, 4.69) is 5.32 Å². The number of thiophene rings is 1. The molecule has 6 heteroatoms. The van der Waals surface area contributed by atoms with Crippen LogP contribution in [0, 0.1) is 0 Å². The first-order valence-electron chi connectivity index (χ1n) is 6.05. The van der Waals surface area contributed by atoms with E-state index in [-0.39, 0.29) is 11.7 Å². The summed E-state index contributed by atoms with van der Waals surface area (Å²) in [7, 11) is 1.76. The molecule has 0 saturated carbocycles. The number of nitrogens with zero attached hydrogens (tertiary/aromatic N) is 1. The summed E-state index contributed by atoms with van der Waals surface area (Å²) in [5, 5.41) is 4.66. The van der Waals surface area contributed by atoms with Gasteiger partial charge < -0.3 is 5.32 Å². The van der Waals surface area contributed by atoms with Crippen molar-refractivity contribution >= 4 is 40.7 Å². The predicted octanol–water partition coefficient (Wildman–Crippen LogP) is 2.89. The molecule has 3 rings (SSSR count). The summed E-state index contributed by atoms with van der Waals surface area (Å²) in [6.07, 6.45) is 0. The van der Waals surface area contributed by atoms with Crippen LogP contribution in [-0.2, 0) is 4.79 Å². The van der Waals surface area contributed by atoms with Gasteiger partial charge in [0.25, 0.3) is 5.91 Å². The van der Waals surface area contributed by atoms with Crippen LogP contribution in [0.3, 0.4) is 0 Å². The Morgan fingerprint density at radius 2 is 2.00 bits per heavy atom. The molecule has 2 aromatic rings. The minimum Gasteiger partial charge on any atom is -0.324 e. The van der Waals surface area contributed by atoms with Crippen LogP contribution in [0.25, 0.3) is 0 Å². The normalized spacial score (nSPS) is 18.6. The molecular weight excluding hydrogens is 292 g/mol. The molecule has 1 aromatic carbocycles. The van der Waals surface area contributed by atoms with Gasteiger partial charge in [0, 0.05) is 10.6 Å². The molecule has 4 nitrogen and oxygen atoms in total. The molecule has 1 aliphatic heterocycles. The van der Waals surface area contributed by atoms with Crippen LogP contribution >= 0.6 is 23.3 Å². The molecular formula is C14H12N2O2S2. The van der Waals surface area contributed by atoms with E-state index in [1.807, 2.05) is 29.6 Å². The number of hydrogen-bond acceptors (Lipinski definition) is 5. The maximum atomic E-state index is 12.4. The SMILES string of the molecule is CN1Sc2ccsc2C(=O)C1C(=O)Nc1ccccc1. The zero-order valence-electron chi connectivity index (χ0n) is 10.7. The van der Waals surface area contributed by atoms with Crippen LogP contribution in [0.4, 0.5) is 5.69 Å². The van der Waals surface area contributed by atoms with Crippen molar-refractivity contribution in [3.63, 3.8) is 0 Å². The monoisotopic (exact) mass is 304 g/mol. The zero-order valence-corrected chi connectivity index (χ0v) is 12.3. The van der Waals surface area contributed by atoms with Crippen molar-refractivity contribution in [2.24, 2.45) is 0 Å². The number of likely N-dealkylation sites (N-methyl/N-ethyl adjacent to an activating group) is 1. The van der Waals surface area contributed by atoms with E-state index in [4.69, 9.17) is 0 Å². The van der Waals surface area contributed by atoms with Crippen LogP contribution in [0.5, 0.6) is 0 Å². The zero-order chi connectivity index (χ0) is 14.1. The molecule has 1 atom stereocenters. The second kappa shape index (κ2) is 5.40. The Kier molecular flexibility index (Phi) is 3.60. The topological polar surface area (TPSA) is 49.4 Å². The first-order valence-corrected chi connectivity index (χ1v) is 7.70. The molecule has 1 aromatic heterocycles. The number of carbonyl (C=O) groups is 2. The molecule has 0 radical (unpaired) electrons. The summed E-state index contributed by atoms with van der Waals surface area (Å²) < 4.78 is 1.70. The first-order chi connectivity index (χ1) is 9.66. The number of anilines is 1. The van der Waals surface area contributed by atoms with E-state index >= 15 is 0 Å². The third-order valence-electron chi connectivity index (χ3n) is 3.00. The number of hydrogen-bond donors (Lipinski definition) is 1. The second-order valence-corrected chi connectivity index (χ2v) is 6.49. The quantitative estimate of drug-likeness (QED) is 0.684. The lowest BCUT2D eigenvalue weighted by atomic mass is 10.1. The van der Waals surface area contributed by atoms with Crippen LogP contribution in [0.2, 0.25) is 0 Å². The molecule has 0 spiro atoms. The third kappa shape index (κ3) is 2.37. The van der Waals surface area contributed by atoms with Gasteiger partial charge in [0.05, 0.1) is 4.88 Å². The predicted molar refractivity (Wildman–Crippen MR) is 81.1 cm³/mol. The van der Waals surface area contributed by atoms with Gasteiger partial charge in [-0.2, -0.15) is 0 Å². The fraction of sp³-hybridized carbons (Fsp3) is 0.143. The number of ketones is 1. The van der Waals surface area contributed by atoms with E-state index in [1.54, 1.807) is 23.5 Å². The average molecular weight is 304 g/mol. The van der Waals surface area contributed by atoms with Gasteiger partial charge in [-0.3, -0.25) is 9.59 Å². The van der Waals surface area contributed by atoms with Gasteiger partial charge in [0.2, 0.25) is 5.78 Å². The van der Waals surface area contributed by atoms with Crippen LogP contribution in [0.15, 0.2) is 46.7 Å². The number of amides is 1. The van der Waals surface area contributed by atoms with Gasteiger partial charge >= 0.3 is 0 Å². The maximum absolute atomic E-state index is 12.4. The molecule has 0 bridgehead atoms. The minimum atomic E-state index is -0.786. The van der Waals surface area contributed by atoms with Crippen molar-refractivity contribution in [3.8, 4) is 0 Å². The summed E-state index contributed by atoms with van der Waals surface area (Å²) in [5.41, 5.74) is 0.695. The Bertz CT molecular complexity index is 654. The number of nitrogens with one attached hydrogen (secondary N) is 1. The Balaban J connectivity index is 1.83. The average Bonchev–Trinajstić information content (AvgIpc) is 2.88. The largest absolute Gasteiger partial charge is 0.324 e. The lowest BCUT2D eigenvalue weighted by Crippen LogP contribution is -2.46.